The number of nitrogens with one attached hydrogen (secondary N) is 2. The lowest BCUT2D eigenvalue weighted by Crippen LogP contribution is -2.52. The van der Waals surface area contributed by atoms with Crippen LogP contribution in [0.5, 0.6) is 11.5 Å². The maximum Gasteiger partial charge on any atom is 0.326 e. The van der Waals surface area contributed by atoms with Crippen molar-refractivity contribution < 1.29 is 24.5 Å². The molecule has 5 aromatic rings. The highest BCUT2D eigenvalue weighted by molar-refractivity contribution is 6.32. The Hall–Kier alpha value is -4.88. The molecule has 0 aliphatic carbocycles. The van der Waals surface area contributed by atoms with Crippen molar-refractivity contribution in [3.05, 3.63) is 139 Å². The van der Waals surface area contributed by atoms with E-state index in [9.17, 15) is 20.3 Å². The number of carboxylic acids is 1. The van der Waals surface area contributed by atoms with Crippen LogP contribution in [0.15, 0.2) is 84.9 Å². The van der Waals surface area contributed by atoms with Crippen LogP contribution >= 0.6 is 23.2 Å². The normalized spacial score (nSPS) is 13.5. The third-order valence-corrected chi connectivity index (χ3v) is 10.4. The van der Waals surface area contributed by atoms with Gasteiger partial charge in [-0.3, -0.25) is 10.1 Å². The second-order valence-corrected chi connectivity index (χ2v) is 14.4. The molecule has 1 heterocycles. The Balaban J connectivity index is 1.26. The van der Waals surface area contributed by atoms with E-state index in [4.69, 9.17) is 32.7 Å². The number of halogens is 2. The lowest BCUT2D eigenvalue weighted by molar-refractivity contribution is -0.145. The predicted octanol–water partition coefficient (Wildman–Crippen LogP) is 8.54. The van der Waals surface area contributed by atoms with E-state index in [1.807, 2.05) is 12.1 Å². The van der Waals surface area contributed by atoms with Gasteiger partial charge in [-0.15, -0.1) is 0 Å². The second-order valence-electron chi connectivity index (χ2n) is 13.6. The molecule has 10 heteroatoms. The monoisotopic (exact) mass is 749 g/mol. The van der Waals surface area contributed by atoms with Gasteiger partial charge in [-0.25, -0.2) is 0 Å². The van der Waals surface area contributed by atoms with Crippen LogP contribution in [0.4, 0.5) is 0 Å². The fourth-order valence-electron chi connectivity index (χ4n) is 6.58. The van der Waals surface area contributed by atoms with E-state index >= 15 is 0 Å². The largest absolute Gasteiger partial charge is 0.488 e. The van der Waals surface area contributed by atoms with Gasteiger partial charge in [0.05, 0.1) is 23.3 Å². The number of nitrogens with zero attached hydrogens (tertiary/aromatic N) is 1. The van der Waals surface area contributed by atoms with E-state index in [-0.39, 0.29) is 19.8 Å². The van der Waals surface area contributed by atoms with Gasteiger partial charge in [0, 0.05) is 29.7 Å². The van der Waals surface area contributed by atoms with Crippen molar-refractivity contribution in [2.45, 2.75) is 59.0 Å². The Morgan fingerprint density at radius 2 is 1.62 bits per heavy atom. The Morgan fingerprint density at radius 3 is 2.38 bits per heavy atom. The van der Waals surface area contributed by atoms with Gasteiger partial charge >= 0.3 is 5.97 Å². The molecule has 5 aromatic carbocycles. The Morgan fingerprint density at radius 1 is 0.887 bits per heavy atom. The van der Waals surface area contributed by atoms with Gasteiger partial charge in [0.25, 0.3) is 0 Å². The summed E-state index contributed by atoms with van der Waals surface area (Å²) in [6.07, 6.45) is 1.05. The Labute approximate surface area is 319 Å². The summed E-state index contributed by atoms with van der Waals surface area (Å²) in [5.74, 6) is -0.439. The highest BCUT2D eigenvalue weighted by Gasteiger charge is 2.32. The molecule has 6 rings (SSSR count). The number of aliphatic hydroxyl groups is 1. The molecule has 0 aromatic heterocycles. The maximum absolute atomic E-state index is 11.9. The third kappa shape index (κ3) is 8.52. The summed E-state index contributed by atoms with van der Waals surface area (Å²) in [4.78, 5) is 11.9. The summed E-state index contributed by atoms with van der Waals surface area (Å²) in [5.41, 5.74) is 10.7. The number of benzene rings is 5. The van der Waals surface area contributed by atoms with Crippen LogP contribution in [0.3, 0.4) is 0 Å². The van der Waals surface area contributed by atoms with Crippen LogP contribution in [0, 0.1) is 25.2 Å². The van der Waals surface area contributed by atoms with Crippen molar-refractivity contribution in [2.75, 3.05) is 13.2 Å². The fourth-order valence-corrected chi connectivity index (χ4v) is 7.08. The smallest absolute Gasteiger partial charge is 0.326 e. The van der Waals surface area contributed by atoms with Gasteiger partial charge in [0.15, 0.2) is 0 Å². The average molecular weight is 751 g/mol. The molecule has 53 heavy (non-hydrogen) atoms. The van der Waals surface area contributed by atoms with Crippen molar-refractivity contribution >= 4 is 29.2 Å². The molecule has 1 atom stereocenters. The number of rotatable bonds is 13. The number of aliphatic hydroxyl groups excluding tert-OH is 1. The number of hydrogen-bond acceptors (Lipinski definition) is 7. The molecular weight excluding hydrogens is 709 g/mol. The minimum absolute atomic E-state index is 0.0274. The first-order chi connectivity index (χ1) is 25.5. The first-order valence-corrected chi connectivity index (χ1v) is 18.1. The topological polar surface area (TPSA) is 124 Å². The van der Waals surface area contributed by atoms with E-state index < -0.39 is 18.1 Å². The fraction of sp³-hybridized carbons (Fsp3) is 0.256. The summed E-state index contributed by atoms with van der Waals surface area (Å²) in [6, 6.07) is 29.8. The highest BCUT2D eigenvalue weighted by Crippen LogP contribution is 2.37. The van der Waals surface area contributed by atoms with Gasteiger partial charge < -0.3 is 25.0 Å². The minimum atomic E-state index is -1.59. The summed E-state index contributed by atoms with van der Waals surface area (Å²) in [7, 11) is 0. The van der Waals surface area contributed by atoms with Gasteiger partial charge in [0.2, 0.25) is 0 Å². The van der Waals surface area contributed by atoms with Crippen molar-refractivity contribution in [2.24, 2.45) is 0 Å². The van der Waals surface area contributed by atoms with Gasteiger partial charge in [-0.2, -0.15) is 5.26 Å². The van der Waals surface area contributed by atoms with Crippen LogP contribution < -0.4 is 20.1 Å². The van der Waals surface area contributed by atoms with Crippen molar-refractivity contribution in [1.82, 2.24) is 10.6 Å². The minimum Gasteiger partial charge on any atom is -0.488 e. The summed E-state index contributed by atoms with van der Waals surface area (Å²) >= 11 is 13.0. The standard InChI is InChI=1S/C43H41Cl2N3O5/c1-26-32(6-4-8-37(26)38-9-5-7-36(27(38)2)31-11-10-30-12-13-47-21-33(30)17-31)24-53-41-19-40(52-23-29-14-28(20-46)15-35(44)16-29)34(18-39(41)45)22-48-43(3,25-49)42(50)51/h4-11,14-19,47-49H,12-13,21-25H2,1-3H3,(H,50,51). The molecule has 272 valence electrons. The Bertz CT molecular complexity index is 2220. The molecule has 1 aliphatic rings. The zero-order valence-electron chi connectivity index (χ0n) is 29.9. The summed E-state index contributed by atoms with van der Waals surface area (Å²) < 4.78 is 12.6. The van der Waals surface area contributed by atoms with Gasteiger partial charge in [-0.1, -0.05) is 71.7 Å². The lowest BCUT2D eigenvalue weighted by Gasteiger charge is -2.25. The molecule has 0 fully saturated rings. The number of fused-ring (bicyclic) bond motifs is 1. The van der Waals surface area contributed by atoms with Crippen LogP contribution in [0.1, 0.15) is 51.4 Å². The first-order valence-electron chi connectivity index (χ1n) is 17.4. The van der Waals surface area contributed by atoms with Crippen LogP contribution in [0.25, 0.3) is 22.3 Å². The van der Waals surface area contributed by atoms with Crippen molar-refractivity contribution in [3.8, 4) is 39.8 Å². The van der Waals surface area contributed by atoms with Crippen molar-refractivity contribution in [3.63, 3.8) is 0 Å². The van der Waals surface area contributed by atoms with Crippen LogP contribution in [0.2, 0.25) is 10.0 Å². The number of hydrogen-bond donors (Lipinski definition) is 4. The SMILES string of the molecule is Cc1c(COc2cc(OCc3cc(Cl)cc(C#N)c3)c(CNC(C)(CO)C(=O)O)cc2Cl)cccc1-c1cccc(-c2ccc3c(c2)CNCC3)c1C. The van der Waals surface area contributed by atoms with E-state index in [0.717, 1.165) is 41.8 Å². The van der Waals surface area contributed by atoms with E-state index in [1.54, 1.807) is 30.3 Å². The molecule has 0 saturated carbocycles. The molecule has 4 N–H and O–H groups in total. The number of aliphatic carboxylic acids is 1. The molecule has 0 amide bonds. The number of carbonyl (C=O) groups is 1. The maximum atomic E-state index is 11.9. The summed E-state index contributed by atoms with van der Waals surface area (Å²) in [5, 5.41) is 35.9. The molecule has 1 unspecified atom stereocenters. The van der Waals surface area contributed by atoms with Gasteiger partial charge in [-0.05, 0) is 120 Å². The predicted molar refractivity (Wildman–Crippen MR) is 208 cm³/mol. The molecule has 8 nitrogen and oxygen atoms in total. The summed E-state index contributed by atoms with van der Waals surface area (Å²) in [6.45, 7) is 7.27. The van der Waals surface area contributed by atoms with Crippen LogP contribution in [-0.2, 0) is 37.5 Å². The van der Waals surface area contributed by atoms with E-state index in [2.05, 4.69) is 73.0 Å². The molecule has 0 bridgehead atoms. The number of ether oxygens (including phenoxy) is 2. The average Bonchev–Trinajstić information content (AvgIpc) is 3.16. The highest BCUT2D eigenvalue weighted by atomic mass is 35.5. The zero-order chi connectivity index (χ0) is 37.7. The zero-order valence-corrected chi connectivity index (χ0v) is 31.4. The lowest BCUT2D eigenvalue weighted by atomic mass is 9.88. The number of carboxylic acid groups (broad SMARTS) is 1. The van der Waals surface area contributed by atoms with E-state index in [1.165, 1.54) is 34.7 Å². The van der Waals surface area contributed by atoms with Crippen molar-refractivity contribution in [1.29, 1.82) is 5.26 Å². The third-order valence-electron chi connectivity index (χ3n) is 9.91. The van der Waals surface area contributed by atoms with Gasteiger partial charge in [0.1, 0.15) is 30.3 Å². The Kier molecular flexibility index (Phi) is 11.7. The first kappa shape index (κ1) is 37.9. The quantitative estimate of drug-likeness (QED) is 0.0945. The molecule has 0 radical (unpaired) electrons. The molecule has 0 saturated heterocycles. The molecular formula is C43H41Cl2N3O5. The molecule has 0 spiro atoms. The second kappa shape index (κ2) is 16.4. The van der Waals surface area contributed by atoms with E-state index in [0.29, 0.717) is 38.2 Å². The molecule has 1 aliphatic heterocycles. The van der Waals surface area contributed by atoms with Crippen LogP contribution in [-0.4, -0.2) is 34.9 Å². The number of nitriles is 1.